The fraction of sp³-hybridized carbons (Fsp3) is 0.318. The van der Waals surface area contributed by atoms with Crippen molar-refractivity contribution in [2.24, 2.45) is 0 Å². The van der Waals surface area contributed by atoms with Crippen molar-refractivity contribution in [1.29, 1.82) is 0 Å². The number of aromatic nitrogens is 2. The van der Waals surface area contributed by atoms with E-state index >= 15 is 0 Å². The van der Waals surface area contributed by atoms with Crippen LogP contribution in [0.1, 0.15) is 23.0 Å². The largest absolute Gasteiger partial charge is 0.416 e. The Morgan fingerprint density at radius 3 is 2.44 bits per heavy atom. The Hall–Kier alpha value is -2.69. The first-order valence-corrected chi connectivity index (χ1v) is 11.8. The van der Waals surface area contributed by atoms with Crippen LogP contribution in [0, 0.1) is 0 Å². The molecule has 10 heteroatoms. The topological polar surface area (TPSA) is 75.3 Å². The van der Waals surface area contributed by atoms with E-state index in [0.717, 1.165) is 17.7 Å². The second-order valence-corrected chi connectivity index (χ2v) is 9.75. The van der Waals surface area contributed by atoms with Gasteiger partial charge in [-0.1, -0.05) is 24.3 Å². The number of aromatic amines is 1. The highest BCUT2D eigenvalue weighted by Crippen LogP contribution is 2.31. The molecule has 0 spiro atoms. The predicted octanol–water partition coefficient (Wildman–Crippen LogP) is 4.07. The molecule has 32 heavy (non-hydrogen) atoms. The minimum absolute atomic E-state index is 0.165. The molecule has 6 nitrogen and oxygen atoms in total. The van der Waals surface area contributed by atoms with E-state index in [1.807, 2.05) is 0 Å². The van der Waals surface area contributed by atoms with Crippen molar-refractivity contribution < 1.29 is 26.3 Å². The Balaban J connectivity index is 1.51. The van der Waals surface area contributed by atoms with E-state index in [2.05, 4.69) is 14.9 Å². The molecule has 0 amide bonds. The third kappa shape index (κ3) is 5.03. The van der Waals surface area contributed by atoms with Crippen molar-refractivity contribution in [3.8, 4) is 11.3 Å². The van der Waals surface area contributed by atoms with Gasteiger partial charge >= 0.3 is 6.18 Å². The SMILES string of the molecule is CS(=O)(=O)c1ccc(CN2CCOC[C@H]2c2ncc(-c3ccc(C(F)(F)F)cc3)[nH]2)cc1. The number of rotatable bonds is 5. The van der Waals surface area contributed by atoms with Gasteiger partial charge in [0.15, 0.2) is 9.84 Å². The molecule has 1 N–H and O–H groups in total. The molecule has 0 radical (unpaired) electrons. The quantitative estimate of drug-likeness (QED) is 0.615. The van der Waals surface area contributed by atoms with E-state index in [9.17, 15) is 21.6 Å². The number of morpholine rings is 1. The van der Waals surface area contributed by atoms with Crippen molar-refractivity contribution >= 4 is 9.84 Å². The second kappa shape index (κ2) is 8.68. The van der Waals surface area contributed by atoms with Gasteiger partial charge in [-0.15, -0.1) is 0 Å². The van der Waals surface area contributed by atoms with Crippen LogP contribution in [-0.4, -0.2) is 49.3 Å². The average molecular weight is 465 g/mol. The van der Waals surface area contributed by atoms with Crippen LogP contribution in [0.3, 0.4) is 0 Å². The summed E-state index contributed by atoms with van der Waals surface area (Å²) in [6.45, 7) is 2.22. The molecule has 2 heterocycles. The molecule has 0 aliphatic carbocycles. The number of hydrogen-bond acceptors (Lipinski definition) is 5. The number of imidazole rings is 1. The maximum absolute atomic E-state index is 12.8. The van der Waals surface area contributed by atoms with Crippen LogP contribution in [0.15, 0.2) is 59.6 Å². The Labute approximate surface area is 184 Å². The standard InChI is InChI=1S/C22H22F3N3O3S/c1-32(29,30)18-8-2-15(3-9-18)13-28-10-11-31-14-20(28)21-26-12-19(27-21)16-4-6-17(7-5-16)22(23,24)25/h2-9,12,20H,10-11,13-14H2,1H3,(H,26,27)/t20-/m0/s1. The lowest BCUT2D eigenvalue weighted by Gasteiger charge is -2.34. The zero-order valence-corrected chi connectivity index (χ0v) is 18.1. The van der Waals surface area contributed by atoms with Crippen LogP contribution in [0.4, 0.5) is 13.2 Å². The van der Waals surface area contributed by atoms with E-state index in [0.29, 0.717) is 43.4 Å². The van der Waals surface area contributed by atoms with Crippen LogP contribution in [-0.2, 0) is 27.3 Å². The summed E-state index contributed by atoms with van der Waals surface area (Å²) in [6, 6.07) is 11.5. The molecular formula is C22H22F3N3O3S. The molecule has 0 bridgehead atoms. The smallest absolute Gasteiger partial charge is 0.378 e. The minimum atomic E-state index is -4.38. The highest BCUT2D eigenvalue weighted by atomic mass is 32.2. The van der Waals surface area contributed by atoms with E-state index in [-0.39, 0.29) is 10.9 Å². The van der Waals surface area contributed by atoms with Crippen molar-refractivity contribution in [3.63, 3.8) is 0 Å². The van der Waals surface area contributed by atoms with Gasteiger partial charge < -0.3 is 9.72 Å². The van der Waals surface area contributed by atoms with Crippen molar-refractivity contribution in [3.05, 3.63) is 71.7 Å². The number of H-pyrrole nitrogens is 1. The van der Waals surface area contributed by atoms with Gasteiger partial charge in [-0.25, -0.2) is 13.4 Å². The van der Waals surface area contributed by atoms with E-state index < -0.39 is 21.6 Å². The summed E-state index contributed by atoms with van der Waals surface area (Å²) >= 11 is 0. The van der Waals surface area contributed by atoms with Crippen molar-refractivity contribution in [2.75, 3.05) is 26.0 Å². The number of nitrogens with zero attached hydrogens (tertiary/aromatic N) is 2. The summed E-state index contributed by atoms with van der Waals surface area (Å²) in [5.74, 6) is 0.660. The monoisotopic (exact) mass is 465 g/mol. The molecule has 3 aromatic rings. The van der Waals surface area contributed by atoms with Crippen LogP contribution in [0.25, 0.3) is 11.3 Å². The third-order valence-corrected chi connectivity index (χ3v) is 6.54. The first-order valence-electron chi connectivity index (χ1n) is 9.94. The molecule has 0 saturated carbocycles. The number of hydrogen-bond donors (Lipinski definition) is 1. The second-order valence-electron chi connectivity index (χ2n) is 7.73. The van der Waals surface area contributed by atoms with Gasteiger partial charge in [0.25, 0.3) is 0 Å². The first-order chi connectivity index (χ1) is 15.1. The molecule has 1 aromatic heterocycles. The minimum Gasteiger partial charge on any atom is -0.378 e. The summed E-state index contributed by atoms with van der Waals surface area (Å²) in [6.07, 6.45) is -1.60. The van der Waals surface area contributed by atoms with Crippen LogP contribution in [0.2, 0.25) is 0 Å². The highest BCUT2D eigenvalue weighted by molar-refractivity contribution is 7.90. The van der Waals surface area contributed by atoms with E-state index in [1.54, 1.807) is 30.5 Å². The number of benzene rings is 2. The van der Waals surface area contributed by atoms with Crippen LogP contribution >= 0.6 is 0 Å². The Morgan fingerprint density at radius 1 is 1.12 bits per heavy atom. The van der Waals surface area contributed by atoms with Crippen molar-refractivity contribution in [2.45, 2.75) is 23.7 Å². The number of sulfone groups is 1. The van der Waals surface area contributed by atoms with Gasteiger partial charge in [0.05, 0.1) is 41.6 Å². The summed E-state index contributed by atoms with van der Waals surface area (Å²) in [5.41, 5.74) is 1.49. The van der Waals surface area contributed by atoms with Gasteiger partial charge in [0.1, 0.15) is 5.82 Å². The fourth-order valence-corrected chi connectivity index (χ4v) is 4.28. The lowest BCUT2D eigenvalue weighted by Crippen LogP contribution is -2.39. The summed E-state index contributed by atoms with van der Waals surface area (Å²) in [7, 11) is -3.25. The highest BCUT2D eigenvalue weighted by Gasteiger charge is 2.30. The lowest BCUT2D eigenvalue weighted by molar-refractivity contribution is -0.137. The summed E-state index contributed by atoms with van der Waals surface area (Å²) in [5, 5.41) is 0. The molecule has 170 valence electrons. The number of alkyl halides is 3. The predicted molar refractivity (Wildman–Crippen MR) is 113 cm³/mol. The van der Waals surface area contributed by atoms with E-state index in [1.165, 1.54) is 18.4 Å². The third-order valence-electron chi connectivity index (χ3n) is 5.41. The summed E-state index contributed by atoms with van der Waals surface area (Å²) in [4.78, 5) is 10.1. The fourth-order valence-electron chi connectivity index (χ4n) is 3.65. The molecule has 1 aliphatic heterocycles. The molecule has 1 aliphatic rings. The Bertz CT molecular complexity index is 1170. The lowest BCUT2D eigenvalue weighted by atomic mass is 10.1. The molecule has 0 unspecified atom stereocenters. The zero-order chi connectivity index (χ0) is 22.9. The first kappa shape index (κ1) is 22.5. The maximum Gasteiger partial charge on any atom is 0.416 e. The summed E-state index contributed by atoms with van der Waals surface area (Å²) < 4.78 is 67.4. The van der Waals surface area contributed by atoms with Gasteiger partial charge in [0.2, 0.25) is 0 Å². The average Bonchev–Trinajstić information content (AvgIpc) is 3.23. The maximum atomic E-state index is 12.8. The molecule has 1 atom stereocenters. The Morgan fingerprint density at radius 2 is 1.81 bits per heavy atom. The van der Waals surface area contributed by atoms with Gasteiger partial charge in [0, 0.05) is 19.3 Å². The molecule has 1 fully saturated rings. The normalized spacial score (nSPS) is 18.1. The van der Waals surface area contributed by atoms with Gasteiger partial charge in [-0.3, -0.25) is 4.90 Å². The number of halogens is 3. The van der Waals surface area contributed by atoms with Gasteiger partial charge in [-0.2, -0.15) is 13.2 Å². The number of nitrogens with one attached hydrogen (secondary N) is 1. The molecule has 1 saturated heterocycles. The zero-order valence-electron chi connectivity index (χ0n) is 17.3. The molecule has 2 aromatic carbocycles. The van der Waals surface area contributed by atoms with Crippen LogP contribution < -0.4 is 0 Å². The molecule has 4 rings (SSSR count). The number of ether oxygens (including phenoxy) is 1. The van der Waals surface area contributed by atoms with Gasteiger partial charge in [-0.05, 0) is 35.4 Å². The molecular weight excluding hydrogens is 443 g/mol. The van der Waals surface area contributed by atoms with Crippen molar-refractivity contribution in [1.82, 2.24) is 14.9 Å². The Kier molecular flexibility index (Phi) is 6.11. The van der Waals surface area contributed by atoms with Crippen LogP contribution in [0.5, 0.6) is 0 Å². The van der Waals surface area contributed by atoms with E-state index in [4.69, 9.17) is 4.74 Å².